The molecule has 0 unspecified atom stereocenters. The second kappa shape index (κ2) is 7.05. The lowest BCUT2D eigenvalue weighted by Crippen LogP contribution is -2.43. The van der Waals surface area contributed by atoms with Crippen molar-refractivity contribution in [3.8, 4) is 11.5 Å². The number of ether oxygens (including phenoxy) is 2. The summed E-state index contributed by atoms with van der Waals surface area (Å²) in [7, 11) is 1.16. The molecule has 0 bridgehead atoms. The Morgan fingerprint density at radius 3 is 2.92 bits per heavy atom. The largest absolute Gasteiger partial charge is 0.465 e. The fourth-order valence-corrected chi connectivity index (χ4v) is 2.47. The van der Waals surface area contributed by atoms with Gasteiger partial charge in [-0.1, -0.05) is 0 Å². The molecular formula is C19H20N4O3. The number of H-pyrrole nitrogens is 1. The molecule has 0 saturated carbocycles. The summed E-state index contributed by atoms with van der Waals surface area (Å²) in [6.07, 6.45) is 3.06. The number of hydrogen-bond donors (Lipinski definition) is 2. The van der Waals surface area contributed by atoms with E-state index in [2.05, 4.69) is 9.97 Å². The average molecular weight is 360 g/mol. The molecule has 0 spiro atoms. The molecule has 7 heteroatoms. The molecule has 1 aliphatic rings. The fraction of sp³-hybridized carbons (Fsp3) is 0.263. The Balaban J connectivity index is 1.85. The van der Waals surface area contributed by atoms with Gasteiger partial charge in [-0.25, -0.2) is 9.78 Å². The van der Waals surface area contributed by atoms with Gasteiger partial charge in [-0.2, -0.15) is 0 Å². The molecule has 1 aromatic carbocycles. The van der Waals surface area contributed by atoms with Crippen molar-refractivity contribution in [2.75, 3.05) is 38.0 Å². The first-order valence-electron chi connectivity index (χ1n) is 11.6. The lowest BCUT2D eigenvalue weighted by atomic mass is 10.1. The van der Waals surface area contributed by atoms with Crippen molar-refractivity contribution in [2.24, 2.45) is 0 Å². The number of fused-ring (bicyclic) bond motifs is 1. The number of aromatic amines is 1. The van der Waals surface area contributed by atoms with Gasteiger partial charge in [-0.15, -0.1) is 0 Å². The quantitative estimate of drug-likeness (QED) is 0.696. The number of aromatic nitrogens is 2. The van der Waals surface area contributed by atoms with Crippen molar-refractivity contribution < 1.29 is 25.2 Å². The van der Waals surface area contributed by atoms with Crippen molar-refractivity contribution in [2.45, 2.75) is 0 Å². The molecule has 2 N–H and O–H groups in total. The van der Waals surface area contributed by atoms with E-state index in [1.807, 2.05) is 0 Å². The van der Waals surface area contributed by atoms with Gasteiger partial charge in [0.15, 0.2) is 0 Å². The third kappa shape index (κ3) is 3.21. The fourth-order valence-electron chi connectivity index (χ4n) is 2.47. The Morgan fingerprint density at radius 1 is 1.27 bits per heavy atom. The number of carbonyl (C=O) groups excluding carboxylic acids is 1. The van der Waals surface area contributed by atoms with Crippen molar-refractivity contribution in [3.63, 3.8) is 0 Å². The summed E-state index contributed by atoms with van der Waals surface area (Å²) in [4.78, 5) is 19.8. The smallest absolute Gasteiger partial charge is 0.341 e. The van der Waals surface area contributed by atoms with Gasteiger partial charge in [0.05, 0.1) is 18.8 Å². The maximum Gasteiger partial charge on any atom is 0.341 e. The molecule has 1 saturated heterocycles. The third-order valence-electron chi connectivity index (χ3n) is 3.69. The third-order valence-corrected chi connectivity index (χ3v) is 3.69. The summed E-state index contributed by atoms with van der Waals surface area (Å²) in [6.45, 7) is -12.0. The minimum atomic E-state index is -3.04. The van der Waals surface area contributed by atoms with Crippen LogP contribution in [0.1, 0.15) is 21.3 Å². The van der Waals surface area contributed by atoms with Crippen LogP contribution in [0.5, 0.6) is 11.5 Å². The molecule has 26 heavy (non-hydrogen) atoms. The van der Waals surface area contributed by atoms with Crippen LogP contribution in [-0.2, 0) is 4.74 Å². The van der Waals surface area contributed by atoms with Crippen LogP contribution in [0.3, 0.4) is 0 Å². The van der Waals surface area contributed by atoms with Crippen molar-refractivity contribution >= 4 is 22.7 Å². The van der Waals surface area contributed by atoms with Gasteiger partial charge in [0.2, 0.25) is 0 Å². The number of pyridine rings is 1. The Morgan fingerprint density at radius 2 is 2.12 bits per heavy atom. The van der Waals surface area contributed by atoms with Crippen LogP contribution in [0.15, 0.2) is 42.7 Å². The van der Waals surface area contributed by atoms with Crippen LogP contribution in [0.25, 0.3) is 11.0 Å². The highest BCUT2D eigenvalue weighted by Gasteiger charge is 2.18. The standard InChI is InChI=1S/C19H20N4O3/c1-25-19(24)16-3-2-14(23-8-6-20-7-9-23)11-17(16)26-15-10-13-4-5-21-18(13)22-12-15/h2-5,10-12,20H,6-9H2,1H3,(H,21,22)/i6D2,7D2,8D2,9D2. The molecule has 0 aliphatic carbocycles. The van der Waals surface area contributed by atoms with Crippen molar-refractivity contribution in [3.05, 3.63) is 48.3 Å². The molecule has 1 fully saturated rings. The summed E-state index contributed by atoms with van der Waals surface area (Å²) < 4.78 is 75.8. The van der Waals surface area contributed by atoms with E-state index in [1.54, 1.807) is 23.6 Å². The molecule has 0 atom stereocenters. The van der Waals surface area contributed by atoms with Gasteiger partial charge < -0.3 is 24.7 Å². The number of nitrogens with zero attached hydrogens (tertiary/aromatic N) is 2. The first-order valence-corrected chi connectivity index (χ1v) is 7.64. The van der Waals surface area contributed by atoms with E-state index in [1.165, 1.54) is 18.3 Å². The second-order valence-corrected chi connectivity index (χ2v) is 5.29. The van der Waals surface area contributed by atoms with Crippen LogP contribution >= 0.6 is 0 Å². The number of carbonyl (C=O) groups is 1. The van der Waals surface area contributed by atoms with E-state index in [4.69, 9.17) is 20.4 Å². The van der Waals surface area contributed by atoms with Crippen LogP contribution in [0, 0.1) is 0 Å². The van der Waals surface area contributed by atoms with E-state index in [0.717, 1.165) is 13.2 Å². The van der Waals surface area contributed by atoms with Crippen LogP contribution < -0.4 is 15.0 Å². The maximum absolute atomic E-state index is 12.3. The van der Waals surface area contributed by atoms with Crippen molar-refractivity contribution in [1.82, 2.24) is 15.3 Å². The molecule has 7 nitrogen and oxygen atoms in total. The SMILES string of the molecule is [2H]C1([2H])NC([2H])([2H])C([2H])([2H])N(c2ccc(C(=O)OC)c(Oc3cnc4[nH]ccc4c3)c2)C1([2H])[2H]. The minimum absolute atomic E-state index is 0.0670. The van der Waals surface area contributed by atoms with Gasteiger partial charge in [-0.05, 0) is 24.3 Å². The summed E-state index contributed by atoms with van der Waals surface area (Å²) >= 11 is 0. The lowest BCUT2D eigenvalue weighted by Gasteiger charge is -2.29. The Labute approximate surface area is 162 Å². The van der Waals surface area contributed by atoms with Crippen LogP contribution in [-0.4, -0.2) is 49.0 Å². The van der Waals surface area contributed by atoms with Crippen LogP contribution in [0.2, 0.25) is 0 Å². The van der Waals surface area contributed by atoms with Crippen molar-refractivity contribution in [1.29, 1.82) is 0 Å². The van der Waals surface area contributed by atoms with E-state index in [-0.39, 0.29) is 22.7 Å². The highest BCUT2D eigenvalue weighted by atomic mass is 16.5. The summed E-state index contributed by atoms with van der Waals surface area (Å²) in [5.41, 5.74) is 0.270. The summed E-state index contributed by atoms with van der Waals surface area (Å²) in [5.74, 6) is -0.715. The van der Waals surface area contributed by atoms with Gasteiger partial charge in [-0.3, -0.25) is 0 Å². The number of benzene rings is 1. The first-order chi connectivity index (χ1) is 15.7. The zero-order chi connectivity index (χ0) is 25.1. The molecule has 134 valence electrons. The minimum Gasteiger partial charge on any atom is -0.465 e. The number of piperazine rings is 1. The topological polar surface area (TPSA) is 79.5 Å². The number of methoxy groups -OCH3 is 1. The van der Waals surface area contributed by atoms with Gasteiger partial charge in [0.25, 0.3) is 0 Å². The number of hydrogen-bond acceptors (Lipinski definition) is 6. The average Bonchev–Trinajstić information content (AvgIpc) is 3.19. The molecule has 4 rings (SSSR count). The molecule has 2 aromatic heterocycles. The van der Waals surface area contributed by atoms with Gasteiger partial charge >= 0.3 is 5.97 Å². The maximum atomic E-state index is 12.3. The normalized spacial score (nSPS) is 26.7. The molecule has 1 aliphatic heterocycles. The number of rotatable bonds is 4. The zero-order valence-corrected chi connectivity index (χ0v) is 13.7. The zero-order valence-electron chi connectivity index (χ0n) is 21.7. The van der Waals surface area contributed by atoms with E-state index >= 15 is 0 Å². The summed E-state index contributed by atoms with van der Waals surface area (Å²) in [5, 5.41) is 2.49. The van der Waals surface area contributed by atoms with Gasteiger partial charge in [0.1, 0.15) is 22.7 Å². The lowest BCUT2D eigenvalue weighted by molar-refractivity contribution is 0.0598. The molecule has 3 aromatic rings. The molecule has 3 heterocycles. The number of nitrogens with one attached hydrogen (secondary N) is 2. The molecule has 0 amide bonds. The number of anilines is 1. The van der Waals surface area contributed by atoms with Crippen LogP contribution in [0.4, 0.5) is 5.69 Å². The predicted molar refractivity (Wildman–Crippen MR) is 99.0 cm³/mol. The van der Waals surface area contributed by atoms with E-state index in [0.29, 0.717) is 15.9 Å². The van der Waals surface area contributed by atoms with Gasteiger partial charge in [0, 0.05) is 54.8 Å². The Bertz CT molecular complexity index is 1240. The molecular weight excluding hydrogens is 332 g/mol. The number of esters is 1. The first kappa shape index (κ1) is 9.59. The Kier molecular flexibility index (Phi) is 2.60. The second-order valence-electron chi connectivity index (χ2n) is 5.29. The van der Waals surface area contributed by atoms with E-state index in [9.17, 15) is 4.79 Å². The van der Waals surface area contributed by atoms with E-state index < -0.39 is 32.0 Å². The monoisotopic (exact) mass is 360 g/mol. The molecule has 0 radical (unpaired) electrons. The summed E-state index contributed by atoms with van der Waals surface area (Å²) in [6, 6.07) is 6.88. The highest BCUT2D eigenvalue weighted by molar-refractivity contribution is 5.93. The Hall–Kier alpha value is -3.06. The predicted octanol–water partition coefficient (Wildman–Crippen LogP) is 2.55. The highest BCUT2D eigenvalue weighted by Crippen LogP contribution is 2.31.